The second-order valence-electron chi connectivity index (χ2n) is 4.97. The van der Waals surface area contributed by atoms with Crippen LogP contribution in [0.3, 0.4) is 0 Å². The van der Waals surface area contributed by atoms with E-state index in [4.69, 9.17) is 18.3 Å². The van der Waals surface area contributed by atoms with Gasteiger partial charge in [-0.25, -0.2) is 4.57 Å². The van der Waals surface area contributed by atoms with Crippen molar-refractivity contribution >= 4 is 7.82 Å². The Morgan fingerprint density at radius 1 is 1.29 bits per heavy atom. The molecule has 1 aliphatic carbocycles. The van der Waals surface area contributed by atoms with Gasteiger partial charge in [0.2, 0.25) is 0 Å². The molecule has 0 radical (unpaired) electrons. The van der Waals surface area contributed by atoms with Crippen molar-refractivity contribution in [3.63, 3.8) is 0 Å². The van der Waals surface area contributed by atoms with E-state index in [0.29, 0.717) is 0 Å². The lowest BCUT2D eigenvalue weighted by Gasteiger charge is -2.31. The summed E-state index contributed by atoms with van der Waals surface area (Å²) in [6, 6.07) is 3.63. The Labute approximate surface area is 125 Å². The number of aromatic nitrogens is 1. The van der Waals surface area contributed by atoms with Gasteiger partial charge in [-0.3, -0.25) is 18.6 Å². The summed E-state index contributed by atoms with van der Waals surface area (Å²) >= 11 is 0. The molecule has 1 aromatic rings. The minimum Gasteiger partial charge on any atom is -0.379 e. The second-order valence-corrected chi connectivity index (χ2v) is 6.70. The third kappa shape index (κ3) is 4.87. The topological polar surface area (TPSA) is 66.9 Å². The Morgan fingerprint density at radius 3 is 2.67 bits per heavy atom. The molecule has 1 aromatic heterocycles. The molecule has 0 bridgehead atoms. The maximum Gasteiger partial charge on any atom is 0.475 e. The monoisotopic (exact) mass is 315 g/mol. The van der Waals surface area contributed by atoms with E-state index < -0.39 is 7.82 Å². The van der Waals surface area contributed by atoms with Crippen LogP contribution in [0.25, 0.3) is 0 Å². The number of phosphoric ester groups is 1. The normalized spacial score (nSPS) is 25.4. The van der Waals surface area contributed by atoms with Crippen molar-refractivity contribution in [2.75, 3.05) is 14.2 Å². The van der Waals surface area contributed by atoms with E-state index >= 15 is 0 Å². The molecule has 0 spiro atoms. The van der Waals surface area contributed by atoms with Gasteiger partial charge in [0.15, 0.2) is 0 Å². The van der Waals surface area contributed by atoms with Crippen LogP contribution in [-0.2, 0) is 29.5 Å². The van der Waals surface area contributed by atoms with Crippen LogP contribution < -0.4 is 0 Å². The van der Waals surface area contributed by atoms with Crippen molar-refractivity contribution < 1.29 is 22.9 Å². The van der Waals surface area contributed by atoms with E-state index in [9.17, 15) is 4.57 Å². The summed E-state index contributed by atoms with van der Waals surface area (Å²) in [4.78, 5) is 3.98. The highest BCUT2D eigenvalue weighted by atomic mass is 31.2. The summed E-state index contributed by atoms with van der Waals surface area (Å²) in [5, 5.41) is 0. The first-order valence-electron chi connectivity index (χ1n) is 7.07. The molecule has 1 saturated carbocycles. The van der Waals surface area contributed by atoms with Crippen LogP contribution in [0, 0.1) is 0 Å². The molecule has 0 saturated heterocycles. The highest BCUT2D eigenvalue weighted by molar-refractivity contribution is 7.48. The van der Waals surface area contributed by atoms with E-state index in [2.05, 4.69) is 4.98 Å². The molecule has 3 unspecified atom stereocenters. The van der Waals surface area contributed by atoms with Crippen molar-refractivity contribution in [1.29, 1.82) is 0 Å². The highest BCUT2D eigenvalue weighted by Crippen LogP contribution is 2.52. The van der Waals surface area contributed by atoms with Gasteiger partial charge in [-0.2, -0.15) is 0 Å². The first-order valence-corrected chi connectivity index (χ1v) is 8.53. The predicted molar refractivity (Wildman–Crippen MR) is 77.8 cm³/mol. The van der Waals surface area contributed by atoms with Crippen LogP contribution in [0.15, 0.2) is 24.5 Å². The fourth-order valence-electron chi connectivity index (χ4n) is 2.38. The number of ether oxygens (including phenoxy) is 1. The van der Waals surface area contributed by atoms with Crippen molar-refractivity contribution in [3.8, 4) is 0 Å². The Hall–Kier alpha value is -0.780. The van der Waals surface area contributed by atoms with Gasteiger partial charge in [0.1, 0.15) is 0 Å². The first-order chi connectivity index (χ1) is 10.2. The molecule has 21 heavy (non-hydrogen) atoms. The number of phosphoric acid groups is 1. The van der Waals surface area contributed by atoms with E-state index in [1.54, 1.807) is 25.6 Å². The molecule has 118 valence electrons. The van der Waals surface area contributed by atoms with E-state index in [1.807, 2.05) is 6.07 Å². The number of rotatable bonds is 7. The van der Waals surface area contributed by atoms with Gasteiger partial charge in [0.05, 0.1) is 18.8 Å². The Bertz CT molecular complexity index is 470. The Kier molecular flexibility index (Phi) is 6.33. The van der Waals surface area contributed by atoms with Crippen LogP contribution in [0.2, 0.25) is 0 Å². The second kappa shape index (κ2) is 8.01. The van der Waals surface area contributed by atoms with Crippen molar-refractivity contribution in [2.45, 2.75) is 44.5 Å². The zero-order chi connectivity index (χ0) is 15.1. The molecular formula is C14H22NO5P. The number of methoxy groups -OCH3 is 1. The lowest BCUT2D eigenvalue weighted by atomic mass is 9.95. The van der Waals surface area contributed by atoms with Crippen LogP contribution in [0.5, 0.6) is 0 Å². The van der Waals surface area contributed by atoms with Gasteiger partial charge in [0.25, 0.3) is 0 Å². The van der Waals surface area contributed by atoms with Gasteiger partial charge >= 0.3 is 7.82 Å². The number of nitrogens with zero attached hydrogens (tertiary/aromatic N) is 1. The number of pyridine rings is 1. The minimum absolute atomic E-state index is 0.0655. The molecule has 1 fully saturated rings. The Balaban J connectivity index is 1.95. The van der Waals surface area contributed by atoms with Gasteiger partial charge in [-0.1, -0.05) is 18.9 Å². The lowest BCUT2D eigenvalue weighted by molar-refractivity contribution is -0.0410. The molecular weight excluding hydrogens is 293 g/mol. The summed E-state index contributed by atoms with van der Waals surface area (Å²) in [5.74, 6) is 0. The van der Waals surface area contributed by atoms with Gasteiger partial charge in [0, 0.05) is 26.6 Å². The van der Waals surface area contributed by atoms with Crippen molar-refractivity contribution in [2.24, 2.45) is 0 Å². The van der Waals surface area contributed by atoms with Crippen LogP contribution in [0.4, 0.5) is 0 Å². The quantitative estimate of drug-likeness (QED) is 0.719. The zero-order valence-corrected chi connectivity index (χ0v) is 13.3. The van der Waals surface area contributed by atoms with Gasteiger partial charge in [-0.15, -0.1) is 0 Å². The third-order valence-corrected chi connectivity index (χ3v) is 4.97. The standard InChI is InChI=1S/C14H22NO5P/c1-17-13-7-3-4-8-14(13)20-21(16,18-2)19-11-12-6-5-9-15-10-12/h5-6,9-10,13-14H,3-4,7-8,11H2,1-2H3. The van der Waals surface area contributed by atoms with Gasteiger partial charge < -0.3 is 4.74 Å². The summed E-state index contributed by atoms with van der Waals surface area (Å²) < 4.78 is 33.9. The predicted octanol–water partition coefficient (Wildman–Crippen LogP) is 3.33. The van der Waals surface area contributed by atoms with E-state index in [1.165, 1.54) is 7.11 Å². The average Bonchev–Trinajstić information content (AvgIpc) is 2.54. The largest absolute Gasteiger partial charge is 0.475 e. The smallest absolute Gasteiger partial charge is 0.379 e. The fourth-order valence-corrected chi connectivity index (χ4v) is 3.51. The zero-order valence-electron chi connectivity index (χ0n) is 12.4. The lowest BCUT2D eigenvalue weighted by Crippen LogP contribution is -2.33. The maximum atomic E-state index is 12.5. The number of hydrogen-bond acceptors (Lipinski definition) is 6. The summed E-state index contributed by atoms with van der Waals surface area (Å²) in [6.07, 6.45) is 6.80. The molecule has 7 heteroatoms. The molecule has 2 rings (SSSR count). The van der Waals surface area contributed by atoms with Gasteiger partial charge in [-0.05, 0) is 24.5 Å². The van der Waals surface area contributed by atoms with Crippen LogP contribution in [-0.4, -0.2) is 31.4 Å². The maximum absolute atomic E-state index is 12.5. The first kappa shape index (κ1) is 16.6. The summed E-state index contributed by atoms with van der Waals surface area (Å²) in [7, 11) is -0.625. The Morgan fingerprint density at radius 2 is 2.05 bits per heavy atom. The minimum atomic E-state index is -3.59. The number of hydrogen-bond donors (Lipinski definition) is 0. The summed E-state index contributed by atoms with van der Waals surface area (Å²) in [6.45, 7) is 0.128. The molecule has 0 N–H and O–H groups in total. The van der Waals surface area contributed by atoms with E-state index in [-0.39, 0.29) is 18.8 Å². The average molecular weight is 315 g/mol. The van der Waals surface area contributed by atoms with Crippen LogP contribution >= 0.6 is 7.82 Å². The van der Waals surface area contributed by atoms with E-state index in [0.717, 1.165) is 31.2 Å². The molecule has 0 aromatic carbocycles. The molecule has 1 heterocycles. The SMILES string of the molecule is COC1CCCCC1OP(=O)(OC)OCc1cccnc1. The summed E-state index contributed by atoms with van der Waals surface area (Å²) in [5.41, 5.74) is 0.810. The van der Waals surface area contributed by atoms with Crippen molar-refractivity contribution in [1.82, 2.24) is 4.98 Å². The molecule has 6 nitrogen and oxygen atoms in total. The molecule has 0 amide bonds. The molecule has 1 aliphatic rings. The highest BCUT2D eigenvalue weighted by Gasteiger charge is 2.35. The molecule has 3 atom stereocenters. The molecule has 0 aliphatic heterocycles. The van der Waals surface area contributed by atoms with Crippen molar-refractivity contribution in [3.05, 3.63) is 30.1 Å². The fraction of sp³-hybridized carbons (Fsp3) is 0.643. The third-order valence-electron chi connectivity index (χ3n) is 3.54. The van der Waals surface area contributed by atoms with Crippen LogP contribution in [0.1, 0.15) is 31.2 Å².